The van der Waals surface area contributed by atoms with Crippen molar-refractivity contribution in [2.45, 2.75) is 6.92 Å². The minimum Gasteiger partial charge on any atom is -0.490 e. The number of benzene rings is 1. The van der Waals surface area contributed by atoms with Crippen LogP contribution < -0.4 is 4.74 Å². The van der Waals surface area contributed by atoms with Crippen molar-refractivity contribution in [1.29, 1.82) is 0 Å². The van der Waals surface area contributed by atoms with Crippen LogP contribution in [0.4, 0.5) is 0 Å². The summed E-state index contributed by atoms with van der Waals surface area (Å²) < 4.78 is 15.1. The maximum absolute atomic E-state index is 11.5. The molecule has 17 heavy (non-hydrogen) atoms. The fraction of sp³-hybridized carbons (Fsp3) is 0.417. The van der Waals surface area contributed by atoms with Crippen LogP contribution in [0.1, 0.15) is 17.3 Å². The smallest absolute Gasteiger partial charge is 0.338 e. The Bertz CT molecular complexity index is 379. The number of hydrogen-bond donors (Lipinski definition) is 0. The Balaban J connectivity index is 2.75. The van der Waals surface area contributed by atoms with Gasteiger partial charge in [-0.25, -0.2) is 4.79 Å². The Morgan fingerprint density at radius 2 is 2.12 bits per heavy atom. The quantitative estimate of drug-likeness (QED) is 0.581. The molecule has 0 aliphatic rings. The predicted molar refractivity (Wildman–Crippen MR) is 64.8 cm³/mol. The van der Waals surface area contributed by atoms with Crippen LogP contribution in [0.2, 0.25) is 5.02 Å². The van der Waals surface area contributed by atoms with Crippen LogP contribution in [0.5, 0.6) is 5.75 Å². The first-order valence-corrected chi connectivity index (χ1v) is 5.65. The molecule has 0 unspecified atom stereocenters. The third-order valence-corrected chi connectivity index (χ3v) is 2.30. The van der Waals surface area contributed by atoms with E-state index in [1.54, 1.807) is 32.2 Å². The van der Waals surface area contributed by atoms with Crippen LogP contribution in [0.15, 0.2) is 18.2 Å². The molecule has 0 N–H and O–H groups in total. The molecular formula is C12H15ClO4. The molecule has 5 heteroatoms. The Morgan fingerprint density at radius 1 is 1.35 bits per heavy atom. The summed E-state index contributed by atoms with van der Waals surface area (Å²) in [6.45, 7) is 2.92. The fourth-order valence-electron chi connectivity index (χ4n) is 1.19. The number of carbonyl (C=O) groups excluding carboxylic acids is 1. The summed E-state index contributed by atoms with van der Waals surface area (Å²) in [5.41, 5.74) is 0.420. The van der Waals surface area contributed by atoms with E-state index >= 15 is 0 Å². The molecule has 0 saturated heterocycles. The van der Waals surface area contributed by atoms with Crippen LogP contribution in [0.25, 0.3) is 0 Å². The SMILES string of the molecule is CCOC(=O)c1ccc(Cl)c(OCCOC)c1. The zero-order valence-corrected chi connectivity index (χ0v) is 10.6. The number of ether oxygens (including phenoxy) is 3. The van der Waals surface area contributed by atoms with Gasteiger partial charge in [-0.1, -0.05) is 11.6 Å². The molecule has 0 aliphatic heterocycles. The zero-order chi connectivity index (χ0) is 12.7. The second-order valence-corrected chi connectivity index (χ2v) is 3.61. The van der Waals surface area contributed by atoms with Gasteiger partial charge in [0.2, 0.25) is 0 Å². The first-order valence-electron chi connectivity index (χ1n) is 5.27. The van der Waals surface area contributed by atoms with Gasteiger partial charge < -0.3 is 14.2 Å². The molecule has 0 spiro atoms. The van der Waals surface area contributed by atoms with Crippen LogP contribution in [0.3, 0.4) is 0 Å². The third-order valence-electron chi connectivity index (χ3n) is 1.99. The van der Waals surface area contributed by atoms with Crippen molar-refractivity contribution < 1.29 is 19.0 Å². The van der Waals surface area contributed by atoms with E-state index in [9.17, 15) is 4.79 Å². The molecule has 0 aliphatic carbocycles. The zero-order valence-electron chi connectivity index (χ0n) is 9.86. The number of esters is 1. The van der Waals surface area contributed by atoms with Gasteiger partial charge in [0.1, 0.15) is 12.4 Å². The highest BCUT2D eigenvalue weighted by Crippen LogP contribution is 2.25. The van der Waals surface area contributed by atoms with Crippen LogP contribution >= 0.6 is 11.6 Å². The molecule has 94 valence electrons. The minimum absolute atomic E-state index is 0.335. The Labute approximate surface area is 105 Å². The lowest BCUT2D eigenvalue weighted by Crippen LogP contribution is -2.07. The second-order valence-electron chi connectivity index (χ2n) is 3.21. The third kappa shape index (κ3) is 4.24. The van der Waals surface area contributed by atoms with Gasteiger partial charge >= 0.3 is 5.97 Å². The lowest BCUT2D eigenvalue weighted by molar-refractivity contribution is 0.0525. The molecule has 0 fully saturated rings. The number of hydrogen-bond acceptors (Lipinski definition) is 4. The van der Waals surface area contributed by atoms with Gasteiger partial charge in [0.05, 0.1) is 23.8 Å². The number of methoxy groups -OCH3 is 1. The van der Waals surface area contributed by atoms with Crippen molar-refractivity contribution >= 4 is 17.6 Å². The Kier molecular flexibility index (Phi) is 5.80. The monoisotopic (exact) mass is 258 g/mol. The van der Waals surface area contributed by atoms with Gasteiger partial charge in [0.15, 0.2) is 0 Å². The van der Waals surface area contributed by atoms with E-state index in [1.165, 1.54) is 0 Å². The maximum Gasteiger partial charge on any atom is 0.338 e. The van der Waals surface area contributed by atoms with E-state index in [1.807, 2.05) is 0 Å². The van der Waals surface area contributed by atoms with Crippen molar-refractivity contribution in [3.05, 3.63) is 28.8 Å². The van der Waals surface area contributed by atoms with Crippen molar-refractivity contribution in [1.82, 2.24) is 0 Å². The first kappa shape index (κ1) is 13.8. The van der Waals surface area contributed by atoms with E-state index in [2.05, 4.69) is 0 Å². The molecule has 0 atom stereocenters. The van der Waals surface area contributed by atoms with Crippen molar-refractivity contribution in [3.63, 3.8) is 0 Å². The molecule has 0 amide bonds. The average Bonchev–Trinajstić information content (AvgIpc) is 2.32. The van der Waals surface area contributed by atoms with Gasteiger partial charge in [-0.05, 0) is 25.1 Å². The minimum atomic E-state index is -0.388. The first-order chi connectivity index (χ1) is 8.19. The molecule has 0 aromatic heterocycles. The standard InChI is InChI=1S/C12H15ClO4/c1-3-16-12(14)9-4-5-10(13)11(8-9)17-7-6-15-2/h4-5,8H,3,6-7H2,1-2H3. The molecule has 1 aromatic carbocycles. The maximum atomic E-state index is 11.5. The molecule has 1 rings (SSSR count). The van der Waals surface area contributed by atoms with Gasteiger partial charge in [-0.15, -0.1) is 0 Å². The number of halogens is 1. The number of rotatable bonds is 6. The second kappa shape index (κ2) is 7.14. The van der Waals surface area contributed by atoms with Crippen LogP contribution in [-0.2, 0) is 9.47 Å². The summed E-state index contributed by atoms with van der Waals surface area (Å²) in [5, 5.41) is 0.453. The molecule has 0 bridgehead atoms. The fourth-order valence-corrected chi connectivity index (χ4v) is 1.36. The highest BCUT2D eigenvalue weighted by atomic mass is 35.5. The molecule has 4 nitrogen and oxygen atoms in total. The van der Waals surface area contributed by atoms with Crippen LogP contribution in [-0.4, -0.2) is 32.9 Å². The van der Waals surface area contributed by atoms with Crippen molar-refractivity contribution in [2.24, 2.45) is 0 Å². The average molecular weight is 259 g/mol. The normalized spacial score (nSPS) is 10.1. The molecule has 0 saturated carbocycles. The van der Waals surface area contributed by atoms with Crippen molar-refractivity contribution in [3.8, 4) is 5.75 Å². The highest BCUT2D eigenvalue weighted by Gasteiger charge is 2.10. The summed E-state index contributed by atoms with van der Waals surface area (Å²) in [5.74, 6) is 0.0648. The molecular weight excluding hydrogens is 244 g/mol. The molecule has 0 heterocycles. The predicted octanol–water partition coefficient (Wildman–Crippen LogP) is 2.54. The number of carbonyl (C=O) groups is 1. The molecule has 0 radical (unpaired) electrons. The van der Waals surface area contributed by atoms with Gasteiger partial charge in [0, 0.05) is 7.11 Å². The summed E-state index contributed by atoms with van der Waals surface area (Å²) >= 11 is 5.94. The van der Waals surface area contributed by atoms with Crippen LogP contribution in [0, 0.1) is 0 Å². The van der Waals surface area contributed by atoms with Gasteiger partial charge in [0.25, 0.3) is 0 Å². The summed E-state index contributed by atoms with van der Waals surface area (Å²) in [7, 11) is 1.58. The van der Waals surface area contributed by atoms with Gasteiger partial charge in [-0.3, -0.25) is 0 Å². The molecule has 1 aromatic rings. The Morgan fingerprint density at radius 3 is 2.76 bits per heavy atom. The van der Waals surface area contributed by atoms with E-state index < -0.39 is 0 Å². The summed E-state index contributed by atoms with van der Waals surface area (Å²) in [6, 6.07) is 4.77. The lowest BCUT2D eigenvalue weighted by Gasteiger charge is -2.09. The Hall–Kier alpha value is -1.26. The topological polar surface area (TPSA) is 44.8 Å². The lowest BCUT2D eigenvalue weighted by atomic mass is 10.2. The van der Waals surface area contributed by atoms with E-state index in [0.29, 0.717) is 36.2 Å². The largest absolute Gasteiger partial charge is 0.490 e. The van der Waals surface area contributed by atoms with Gasteiger partial charge in [-0.2, -0.15) is 0 Å². The highest BCUT2D eigenvalue weighted by molar-refractivity contribution is 6.32. The summed E-state index contributed by atoms with van der Waals surface area (Å²) in [4.78, 5) is 11.5. The van der Waals surface area contributed by atoms with E-state index in [4.69, 9.17) is 25.8 Å². The van der Waals surface area contributed by atoms with Crippen molar-refractivity contribution in [2.75, 3.05) is 26.9 Å². The summed E-state index contributed by atoms with van der Waals surface area (Å²) in [6.07, 6.45) is 0. The van der Waals surface area contributed by atoms with E-state index in [0.717, 1.165) is 0 Å². The van der Waals surface area contributed by atoms with E-state index in [-0.39, 0.29) is 5.97 Å².